The maximum Gasteiger partial charge on any atom is 0.222 e. The van der Waals surface area contributed by atoms with Gasteiger partial charge < -0.3 is 20.3 Å². The molecule has 0 bridgehead atoms. The Morgan fingerprint density at radius 2 is 2.11 bits per heavy atom. The molecule has 0 aliphatic carbocycles. The highest BCUT2D eigenvalue weighted by Gasteiger charge is 2.15. The van der Waals surface area contributed by atoms with Gasteiger partial charge in [-0.15, -0.1) is 24.0 Å². The van der Waals surface area contributed by atoms with E-state index in [-0.39, 0.29) is 24.0 Å². The molecular weight excluding hydrogens is 455 g/mol. The van der Waals surface area contributed by atoms with Crippen LogP contribution >= 0.6 is 24.0 Å². The van der Waals surface area contributed by atoms with Gasteiger partial charge in [-0.1, -0.05) is 18.6 Å². The lowest BCUT2D eigenvalue weighted by atomic mass is 10.2. The summed E-state index contributed by atoms with van der Waals surface area (Å²) in [6, 6.07) is 7.95. The van der Waals surface area contributed by atoms with Crippen LogP contribution in [0.3, 0.4) is 0 Å². The summed E-state index contributed by atoms with van der Waals surface area (Å²) in [6.07, 6.45) is 4.97. The van der Waals surface area contributed by atoms with Crippen LogP contribution < -0.4 is 15.4 Å². The van der Waals surface area contributed by atoms with Crippen LogP contribution in [0.5, 0.6) is 5.75 Å². The van der Waals surface area contributed by atoms with Crippen LogP contribution in [0, 0.1) is 0 Å². The van der Waals surface area contributed by atoms with Gasteiger partial charge in [0.15, 0.2) is 5.96 Å². The molecule has 2 N–H and O–H groups in total. The van der Waals surface area contributed by atoms with Crippen molar-refractivity contribution in [2.45, 2.75) is 45.6 Å². The first kappa shape index (κ1) is 23.5. The molecule has 1 fully saturated rings. The van der Waals surface area contributed by atoms with Crippen molar-refractivity contribution in [3.8, 4) is 5.75 Å². The molecule has 7 heteroatoms. The van der Waals surface area contributed by atoms with E-state index in [1.165, 1.54) is 6.42 Å². The third-order valence-corrected chi connectivity index (χ3v) is 4.47. The third-order valence-electron chi connectivity index (χ3n) is 4.47. The van der Waals surface area contributed by atoms with Crippen molar-refractivity contribution in [3.05, 3.63) is 29.8 Å². The number of carbonyl (C=O) groups excluding carboxylic acids is 1. The highest BCUT2D eigenvalue weighted by molar-refractivity contribution is 14.0. The molecule has 152 valence electrons. The molecule has 1 saturated heterocycles. The van der Waals surface area contributed by atoms with Crippen molar-refractivity contribution in [1.29, 1.82) is 0 Å². The average molecular weight is 488 g/mol. The monoisotopic (exact) mass is 488 g/mol. The molecule has 0 aromatic heterocycles. The molecule has 0 atom stereocenters. The average Bonchev–Trinajstić information content (AvgIpc) is 2.87. The largest absolute Gasteiger partial charge is 0.497 e. The Kier molecular flexibility index (Phi) is 11.9. The van der Waals surface area contributed by atoms with E-state index in [0.29, 0.717) is 18.9 Å². The molecule has 1 aromatic carbocycles. The van der Waals surface area contributed by atoms with E-state index in [0.717, 1.165) is 62.7 Å². The van der Waals surface area contributed by atoms with Crippen LogP contribution in [-0.4, -0.2) is 50.1 Å². The summed E-state index contributed by atoms with van der Waals surface area (Å²) < 4.78 is 5.25. The van der Waals surface area contributed by atoms with Crippen LogP contribution in [-0.2, 0) is 11.3 Å². The molecule has 27 heavy (non-hydrogen) atoms. The number of methoxy groups -OCH3 is 1. The first-order valence-electron chi connectivity index (χ1n) is 9.66. The Morgan fingerprint density at radius 1 is 1.26 bits per heavy atom. The van der Waals surface area contributed by atoms with Gasteiger partial charge in [0.05, 0.1) is 13.7 Å². The number of aliphatic imine (C=N–C) groups is 1. The molecule has 2 rings (SSSR count). The second kappa shape index (κ2) is 13.6. The number of rotatable bonds is 8. The number of ether oxygens (including phenoxy) is 1. The molecule has 0 saturated carbocycles. The molecular formula is C20H33IN4O2. The quantitative estimate of drug-likeness (QED) is 0.256. The van der Waals surface area contributed by atoms with Crippen LogP contribution in [0.25, 0.3) is 0 Å². The molecule has 1 heterocycles. The standard InChI is InChI=1S/C20H32N4O2.HI/c1-3-21-20(23-16-17-9-7-10-18(15-17)26-2)22-12-8-14-24-13-6-4-5-11-19(24)25;/h7,9-10,15H,3-6,8,11-14,16H2,1-2H3,(H2,21,22,23);1H. The van der Waals surface area contributed by atoms with Crippen molar-refractivity contribution >= 4 is 35.8 Å². The number of hydrogen-bond acceptors (Lipinski definition) is 3. The first-order chi connectivity index (χ1) is 12.7. The lowest BCUT2D eigenvalue weighted by molar-refractivity contribution is -0.130. The topological polar surface area (TPSA) is 66.0 Å². The molecule has 1 aliphatic rings. The zero-order valence-corrected chi connectivity index (χ0v) is 18.8. The van der Waals surface area contributed by atoms with Crippen molar-refractivity contribution in [3.63, 3.8) is 0 Å². The SMILES string of the molecule is CCNC(=NCc1cccc(OC)c1)NCCCN1CCCCCC1=O.I. The van der Waals surface area contributed by atoms with Gasteiger partial charge in [-0.3, -0.25) is 4.79 Å². The molecule has 1 aliphatic heterocycles. The number of carbonyl (C=O) groups is 1. The molecule has 0 unspecified atom stereocenters. The Hall–Kier alpha value is -1.51. The number of guanidine groups is 1. The van der Waals surface area contributed by atoms with E-state index in [2.05, 4.69) is 22.5 Å². The summed E-state index contributed by atoms with van der Waals surface area (Å²) >= 11 is 0. The number of hydrogen-bond donors (Lipinski definition) is 2. The maximum absolute atomic E-state index is 12.0. The minimum atomic E-state index is 0. The number of amides is 1. The van der Waals surface area contributed by atoms with Crippen LogP contribution in [0.1, 0.15) is 44.6 Å². The molecule has 1 amide bonds. The van der Waals surface area contributed by atoms with E-state index in [1.807, 2.05) is 29.2 Å². The van der Waals surface area contributed by atoms with Gasteiger partial charge in [-0.05, 0) is 43.9 Å². The van der Waals surface area contributed by atoms with E-state index in [9.17, 15) is 4.79 Å². The van der Waals surface area contributed by atoms with Crippen molar-refractivity contribution in [2.24, 2.45) is 4.99 Å². The Balaban J connectivity index is 0.00000364. The first-order valence-corrected chi connectivity index (χ1v) is 9.66. The number of nitrogens with zero attached hydrogens (tertiary/aromatic N) is 2. The summed E-state index contributed by atoms with van der Waals surface area (Å²) in [4.78, 5) is 18.7. The zero-order chi connectivity index (χ0) is 18.6. The van der Waals surface area contributed by atoms with E-state index >= 15 is 0 Å². The fourth-order valence-electron chi connectivity index (χ4n) is 3.03. The lowest BCUT2D eigenvalue weighted by Crippen LogP contribution is -2.39. The van der Waals surface area contributed by atoms with Gasteiger partial charge in [0.2, 0.25) is 5.91 Å². The zero-order valence-electron chi connectivity index (χ0n) is 16.5. The molecule has 1 aromatic rings. The van der Waals surface area contributed by atoms with Crippen LogP contribution in [0.15, 0.2) is 29.3 Å². The fraction of sp³-hybridized carbons (Fsp3) is 0.600. The van der Waals surface area contributed by atoms with Crippen molar-refractivity contribution in [2.75, 3.05) is 33.3 Å². The molecule has 0 spiro atoms. The normalized spacial score (nSPS) is 15.0. The van der Waals surface area contributed by atoms with Gasteiger partial charge in [-0.25, -0.2) is 4.99 Å². The minimum absolute atomic E-state index is 0. The number of nitrogens with one attached hydrogen (secondary N) is 2. The Labute approximate surface area is 180 Å². The number of benzene rings is 1. The van der Waals surface area contributed by atoms with Gasteiger partial charge in [0.25, 0.3) is 0 Å². The van der Waals surface area contributed by atoms with Crippen molar-refractivity contribution < 1.29 is 9.53 Å². The summed E-state index contributed by atoms with van der Waals surface area (Å²) in [5, 5.41) is 6.63. The second-order valence-electron chi connectivity index (χ2n) is 6.52. The van der Waals surface area contributed by atoms with Crippen LogP contribution in [0.2, 0.25) is 0 Å². The van der Waals surface area contributed by atoms with Crippen LogP contribution in [0.4, 0.5) is 0 Å². The van der Waals surface area contributed by atoms with Gasteiger partial charge >= 0.3 is 0 Å². The summed E-state index contributed by atoms with van der Waals surface area (Å²) in [5.74, 6) is 1.95. The smallest absolute Gasteiger partial charge is 0.222 e. The summed E-state index contributed by atoms with van der Waals surface area (Å²) in [7, 11) is 1.67. The van der Waals surface area contributed by atoms with E-state index in [4.69, 9.17) is 4.74 Å². The van der Waals surface area contributed by atoms with Gasteiger partial charge in [-0.2, -0.15) is 0 Å². The number of likely N-dealkylation sites (tertiary alicyclic amines) is 1. The minimum Gasteiger partial charge on any atom is -0.497 e. The predicted octanol–water partition coefficient (Wildman–Crippen LogP) is 3.16. The summed E-state index contributed by atoms with van der Waals surface area (Å²) in [5.41, 5.74) is 1.11. The Morgan fingerprint density at radius 3 is 2.89 bits per heavy atom. The lowest BCUT2D eigenvalue weighted by Gasteiger charge is -2.20. The highest BCUT2D eigenvalue weighted by atomic mass is 127. The van der Waals surface area contributed by atoms with Gasteiger partial charge in [0.1, 0.15) is 5.75 Å². The maximum atomic E-state index is 12.0. The second-order valence-corrected chi connectivity index (χ2v) is 6.52. The predicted molar refractivity (Wildman–Crippen MR) is 121 cm³/mol. The number of halogens is 1. The molecule has 6 nitrogen and oxygen atoms in total. The highest BCUT2D eigenvalue weighted by Crippen LogP contribution is 2.13. The molecule has 0 radical (unpaired) electrons. The van der Waals surface area contributed by atoms with E-state index < -0.39 is 0 Å². The fourth-order valence-corrected chi connectivity index (χ4v) is 3.03. The van der Waals surface area contributed by atoms with E-state index in [1.54, 1.807) is 7.11 Å². The Bertz CT molecular complexity index is 595. The third kappa shape index (κ3) is 8.81. The van der Waals surface area contributed by atoms with Crippen molar-refractivity contribution in [1.82, 2.24) is 15.5 Å². The van der Waals surface area contributed by atoms with Gasteiger partial charge in [0, 0.05) is 32.6 Å². The summed E-state index contributed by atoms with van der Waals surface area (Å²) in [6.45, 7) is 5.99.